The molecule has 4 rings (SSSR count). The third kappa shape index (κ3) is 5.62. The van der Waals surface area contributed by atoms with Crippen LogP contribution in [0.5, 0.6) is 5.75 Å². The number of anilines is 1. The third-order valence-electron chi connectivity index (χ3n) is 4.46. The minimum absolute atomic E-state index is 0.183. The number of carbonyl (C=O) groups excluding carboxylic acids is 3. The highest BCUT2D eigenvalue weighted by Gasteiger charge is 2.36. The quantitative estimate of drug-likeness (QED) is 0.412. The van der Waals surface area contributed by atoms with Crippen molar-refractivity contribution in [2.45, 2.75) is 9.99 Å². The summed E-state index contributed by atoms with van der Waals surface area (Å²) in [4.78, 5) is 39.5. The van der Waals surface area contributed by atoms with Crippen LogP contribution in [0, 0.1) is 0 Å². The lowest BCUT2D eigenvalue weighted by atomic mass is 10.3. The van der Waals surface area contributed by atoms with Crippen LogP contribution in [-0.2, 0) is 9.59 Å². The van der Waals surface area contributed by atoms with E-state index in [9.17, 15) is 14.4 Å². The number of imide groups is 1. The number of carbonyl (C=O) groups is 3. The Hall–Kier alpha value is -3.14. The average Bonchev–Trinajstić information content (AvgIpc) is 3.35. The molecular weight excluding hydrogens is 484 g/mol. The monoisotopic (exact) mass is 500 g/mol. The minimum Gasteiger partial charge on any atom is -0.495 e. The van der Waals surface area contributed by atoms with Gasteiger partial charge in [-0.25, -0.2) is 0 Å². The second-order valence-corrected chi connectivity index (χ2v) is 9.24. The van der Waals surface area contributed by atoms with Crippen LogP contribution >= 0.6 is 35.1 Å². The summed E-state index contributed by atoms with van der Waals surface area (Å²) in [6.07, 6.45) is 1.49. The van der Waals surface area contributed by atoms with Gasteiger partial charge in [0, 0.05) is 16.0 Å². The number of methoxy groups -OCH3 is 1. The topological polar surface area (TPSA) is 88.8 Å². The van der Waals surface area contributed by atoms with E-state index in [0.29, 0.717) is 27.3 Å². The number of hydrogen-bond donors (Lipinski definition) is 1. The van der Waals surface area contributed by atoms with Gasteiger partial charge >= 0.3 is 0 Å². The fourth-order valence-corrected chi connectivity index (χ4v) is 4.66. The zero-order chi connectivity index (χ0) is 23.4. The van der Waals surface area contributed by atoms with Crippen molar-refractivity contribution >= 4 is 63.9 Å². The molecule has 168 valence electrons. The molecule has 0 atom stereocenters. The standard InChI is InChI=1S/C23H17ClN2O5S2/c1-30-18-5-3-2-4-17(18)25-20(27)13-26-22(28)19(33-23(26)29)12-15-8-11-21(31-15)32-16-9-6-14(24)7-10-16/h2-12H,13H2,1H3,(H,25,27)/b19-12-. The molecule has 2 aromatic carbocycles. The number of ether oxygens (including phenoxy) is 1. The zero-order valence-electron chi connectivity index (χ0n) is 17.2. The van der Waals surface area contributed by atoms with Gasteiger partial charge in [0.2, 0.25) is 5.91 Å². The van der Waals surface area contributed by atoms with Crippen LogP contribution in [0.1, 0.15) is 5.76 Å². The lowest BCUT2D eigenvalue weighted by Crippen LogP contribution is -2.36. The summed E-state index contributed by atoms with van der Waals surface area (Å²) in [5, 5.41) is 3.40. The van der Waals surface area contributed by atoms with E-state index < -0.39 is 23.6 Å². The number of rotatable bonds is 7. The first-order valence-electron chi connectivity index (χ1n) is 9.64. The van der Waals surface area contributed by atoms with Gasteiger partial charge in [0.15, 0.2) is 5.09 Å². The largest absolute Gasteiger partial charge is 0.495 e. The summed E-state index contributed by atoms with van der Waals surface area (Å²) in [7, 11) is 1.49. The van der Waals surface area contributed by atoms with Crippen LogP contribution in [0.4, 0.5) is 10.5 Å². The maximum absolute atomic E-state index is 12.7. The fourth-order valence-electron chi connectivity index (χ4n) is 2.93. The maximum atomic E-state index is 12.7. The number of halogens is 1. The van der Waals surface area contributed by atoms with Gasteiger partial charge in [0.25, 0.3) is 11.1 Å². The van der Waals surface area contributed by atoms with Gasteiger partial charge in [-0.1, -0.05) is 35.5 Å². The summed E-state index contributed by atoms with van der Waals surface area (Å²) < 4.78 is 10.9. The van der Waals surface area contributed by atoms with Gasteiger partial charge < -0.3 is 14.5 Å². The summed E-state index contributed by atoms with van der Waals surface area (Å²) in [5.74, 6) is -0.161. The van der Waals surface area contributed by atoms with Crippen LogP contribution in [-0.4, -0.2) is 35.6 Å². The SMILES string of the molecule is COc1ccccc1NC(=O)CN1C(=O)S/C(=C\c2ccc(Sc3ccc(Cl)cc3)o2)C1=O. The molecule has 1 aliphatic heterocycles. The highest BCUT2D eigenvalue weighted by molar-refractivity contribution is 8.18. The van der Waals surface area contributed by atoms with Gasteiger partial charge in [0.1, 0.15) is 18.1 Å². The molecule has 0 spiro atoms. The van der Waals surface area contributed by atoms with Crippen molar-refractivity contribution in [2.75, 3.05) is 19.0 Å². The first-order chi connectivity index (χ1) is 15.9. The van der Waals surface area contributed by atoms with Crippen molar-refractivity contribution in [1.82, 2.24) is 4.90 Å². The van der Waals surface area contributed by atoms with Gasteiger partial charge in [-0.2, -0.15) is 0 Å². The highest BCUT2D eigenvalue weighted by Crippen LogP contribution is 2.35. The normalized spacial score (nSPS) is 14.7. The number of nitrogens with zero attached hydrogens (tertiary/aromatic N) is 1. The Kier molecular flexibility index (Phi) is 7.12. The fraction of sp³-hybridized carbons (Fsp3) is 0.0870. The first-order valence-corrected chi connectivity index (χ1v) is 11.7. The first kappa shape index (κ1) is 23.0. The number of nitrogens with one attached hydrogen (secondary N) is 1. The van der Waals surface area contributed by atoms with Crippen molar-refractivity contribution in [3.05, 3.63) is 76.4 Å². The molecule has 1 saturated heterocycles. The molecule has 2 heterocycles. The van der Waals surface area contributed by atoms with E-state index in [2.05, 4.69) is 5.32 Å². The molecule has 1 N–H and O–H groups in total. The molecule has 3 amide bonds. The smallest absolute Gasteiger partial charge is 0.294 e. The van der Waals surface area contributed by atoms with Gasteiger partial charge in [-0.15, -0.1) is 0 Å². The predicted molar refractivity (Wildman–Crippen MR) is 129 cm³/mol. The molecule has 0 aliphatic carbocycles. The van der Waals surface area contributed by atoms with Crippen molar-refractivity contribution in [1.29, 1.82) is 0 Å². The molecule has 1 fully saturated rings. The number of para-hydroxylation sites is 2. The summed E-state index contributed by atoms with van der Waals surface area (Å²) in [5.41, 5.74) is 0.453. The maximum Gasteiger partial charge on any atom is 0.294 e. The van der Waals surface area contributed by atoms with Crippen molar-refractivity contribution in [2.24, 2.45) is 0 Å². The number of benzene rings is 2. The minimum atomic E-state index is -0.552. The Morgan fingerprint density at radius 1 is 1.15 bits per heavy atom. The van der Waals surface area contributed by atoms with Crippen LogP contribution in [0.25, 0.3) is 6.08 Å². The summed E-state index contributed by atoms with van der Waals surface area (Å²) >= 11 is 8.06. The van der Waals surface area contributed by atoms with E-state index in [-0.39, 0.29) is 4.91 Å². The summed E-state index contributed by atoms with van der Waals surface area (Å²) in [6, 6.07) is 17.7. The van der Waals surface area contributed by atoms with Gasteiger partial charge in [0.05, 0.1) is 17.7 Å². The number of thioether (sulfide) groups is 1. The Morgan fingerprint density at radius 3 is 2.67 bits per heavy atom. The molecule has 3 aromatic rings. The molecule has 0 saturated carbocycles. The van der Waals surface area contributed by atoms with Crippen LogP contribution < -0.4 is 10.1 Å². The van der Waals surface area contributed by atoms with E-state index in [4.69, 9.17) is 20.8 Å². The lowest BCUT2D eigenvalue weighted by Gasteiger charge is -2.14. The molecule has 1 aromatic heterocycles. The zero-order valence-corrected chi connectivity index (χ0v) is 19.6. The van der Waals surface area contributed by atoms with E-state index >= 15 is 0 Å². The Bertz CT molecular complexity index is 1240. The molecule has 0 bridgehead atoms. The molecule has 0 unspecified atom stereocenters. The van der Waals surface area contributed by atoms with Crippen LogP contribution in [0.3, 0.4) is 0 Å². The van der Waals surface area contributed by atoms with E-state index in [0.717, 1.165) is 21.6 Å². The van der Waals surface area contributed by atoms with Crippen molar-refractivity contribution < 1.29 is 23.5 Å². The molecule has 1 aliphatic rings. The van der Waals surface area contributed by atoms with Crippen molar-refractivity contribution in [3.8, 4) is 5.75 Å². The lowest BCUT2D eigenvalue weighted by molar-refractivity contribution is -0.127. The third-order valence-corrected chi connectivity index (χ3v) is 6.55. The van der Waals surface area contributed by atoms with E-state index in [1.165, 1.54) is 24.9 Å². The summed E-state index contributed by atoms with van der Waals surface area (Å²) in [6.45, 7) is -0.407. The number of amides is 3. The van der Waals surface area contributed by atoms with E-state index in [1.807, 2.05) is 12.1 Å². The Labute approximate surface area is 203 Å². The predicted octanol–water partition coefficient (Wildman–Crippen LogP) is 5.77. The second kappa shape index (κ2) is 10.2. The van der Waals surface area contributed by atoms with Crippen LogP contribution in [0.2, 0.25) is 5.02 Å². The van der Waals surface area contributed by atoms with Crippen molar-refractivity contribution in [3.63, 3.8) is 0 Å². The average molecular weight is 501 g/mol. The number of hydrogen-bond acceptors (Lipinski definition) is 7. The van der Waals surface area contributed by atoms with Gasteiger partial charge in [-0.05, 0) is 60.3 Å². The molecule has 10 heteroatoms. The molecular formula is C23H17ClN2O5S2. The Morgan fingerprint density at radius 2 is 1.91 bits per heavy atom. The second-order valence-electron chi connectivity index (χ2n) is 6.73. The number of furan rings is 1. The molecule has 7 nitrogen and oxygen atoms in total. The highest BCUT2D eigenvalue weighted by atomic mass is 35.5. The Balaban J connectivity index is 1.41. The van der Waals surface area contributed by atoms with Gasteiger partial charge in [-0.3, -0.25) is 19.3 Å². The molecule has 33 heavy (non-hydrogen) atoms. The van der Waals surface area contributed by atoms with E-state index in [1.54, 1.807) is 48.5 Å². The molecule has 0 radical (unpaired) electrons. The van der Waals surface area contributed by atoms with Crippen LogP contribution in [0.15, 0.2) is 80.0 Å².